The zero-order valence-electron chi connectivity index (χ0n) is 22.1. The Morgan fingerprint density at radius 2 is 1.54 bits per heavy atom. The highest BCUT2D eigenvalue weighted by Gasteiger charge is 2.79. The van der Waals surface area contributed by atoms with Gasteiger partial charge < -0.3 is 9.47 Å². The number of hydrogen-bond acceptors (Lipinski definition) is 5. The average Bonchev–Trinajstić information content (AvgIpc) is 3.35. The molecule has 224 valence electrons. The molecular formula is C28H27F8NO3S. The number of hydrogen-bond donors (Lipinski definition) is 0. The van der Waals surface area contributed by atoms with Crippen LogP contribution in [0.3, 0.4) is 0 Å². The van der Waals surface area contributed by atoms with Crippen LogP contribution in [0, 0.1) is 0 Å². The van der Waals surface area contributed by atoms with Crippen molar-refractivity contribution >= 4 is 27.4 Å². The van der Waals surface area contributed by atoms with Gasteiger partial charge in [0, 0.05) is 32.6 Å². The molecule has 0 bridgehead atoms. The summed E-state index contributed by atoms with van der Waals surface area (Å²) in [4.78, 5) is 16.4. The van der Waals surface area contributed by atoms with Crippen LogP contribution in [0.1, 0.15) is 38.1 Å². The number of benzene rings is 1. The van der Waals surface area contributed by atoms with Crippen molar-refractivity contribution in [1.82, 2.24) is 4.98 Å². The number of fused-ring (bicyclic) bond motifs is 1. The normalized spacial score (nSPS) is 12.9. The Balaban J connectivity index is 1.70. The quantitative estimate of drug-likeness (QED) is 0.104. The highest BCUT2D eigenvalue weighted by atomic mass is 32.1. The molecule has 2 aromatic heterocycles. The molecule has 0 spiro atoms. The first kappa shape index (κ1) is 32.3. The number of aromatic nitrogens is 1. The first-order valence-electron chi connectivity index (χ1n) is 12.6. The van der Waals surface area contributed by atoms with Crippen LogP contribution < -0.4 is 4.74 Å². The molecule has 0 aliphatic carbocycles. The summed E-state index contributed by atoms with van der Waals surface area (Å²) in [5.41, 5.74) is 2.77. The first-order valence-corrected chi connectivity index (χ1v) is 13.4. The van der Waals surface area contributed by atoms with Gasteiger partial charge in [0.25, 0.3) is 0 Å². The summed E-state index contributed by atoms with van der Waals surface area (Å²) in [7, 11) is 0. The molecule has 0 fully saturated rings. The van der Waals surface area contributed by atoms with Crippen LogP contribution in [0.2, 0.25) is 0 Å². The van der Waals surface area contributed by atoms with E-state index >= 15 is 0 Å². The van der Waals surface area contributed by atoms with Crippen molar-refractivity contribution in [3.05, 3.63) is 60.4 Å². The number of alkyl halides is 8. The molecule has 0 aliphatic heterocycles. The average molecular weight is 610 g/mol. The number of ether oxygens (including phenoxy) is 2. The van der Waals surface area contributed by atoms with E-state index in [2.05, 4.69) is 16.3 Å². The molecule has 0 atom stereocenters. The van der Waals surface area contributed by atoms with Gasteiger partial charge in [-0.05, 0) is 54.6 Å². The minimum absolute atomic E-state index is 0.00121. The van der Waals surface area contributed by atoms with Gasteiger partial charge in [0.05, 0.1) is 26.1 Å². The van der Waals surface area contributed by atoms with Crippen LogP contribution in [0.5, 0.6) is 5.75 Å². The van der Waals surface area contributed by atoms with Gasteiger partial charge in [0.2, 0.25) is 0 Å². The zero-order chi connectivity index (χ0) is 30.6. The monoisotopic (exact) mass is 609 g/mol. The Hall–Kier alpha value is -3.22. The Labute approximate surface area is 235 Å². The highest BCUT2D eigenvalue weighted by molar-refractivity contribution is 7.22. The molecule has 0 N–H and O–H groups in total. The van der Waals surface area contributed by atoms with E-state index in [0.29, 0.717) is 17.2 Å². The second-order valence-electron chi connectivity index (χ2n) is 9.09. The van der Waals surface area contributed by atoms with Crippen LogP contribution in [-0.2, 0) is 22.4 Å². The molecule has 0 aliphatic rings. The van der Waals surface area contributed by atoms with Gasteiger partial charge in [-0.25, -0.2) is 4.79 Å². The van der Waals surface area contributed by atoms with Crippen LogP contribution in [-0.4, -0.2) is 47.9 Å². The minimum atomic E-state index is -6.46. The summed E-state index contributed by atoms with van der Waals surface area (Å²) in [6.45, 7) is 4.34. The maximum Gasteiger partial charge on any atom is 0.378 e. The molecular weight excluding hydrogens is 582 g/mol. The summed E-state index contributed by atoms with van der Waals surface area (Å²) in [5.74, 6) is -25.4. The third-order valence-corrected chi connectivity index (χ3v) is 7.44. The van der Waals surface area contributed by atoms with Gasteiger partial charge in [0.15, 0.2) is 0 Å². The van der Waals surface area contributed by atoms with Gasteiger partial charge in [-0.3, -0.25) is 4.98 Å². The second-order valence-corrected chi connectivity index (χ2v) is 10.2. The molecule has 3 rings (SSSR count). The Morgan fingerprint density at radius 1 is 0.902 bits per heavy atom. The Morgan fingerprint density at radius 3 is 2.12 bits per heavy atom. The number of thiophene rings is 1. The molecule has 0 saturated carbocycles. The lowest BCUT2D eigenvalue weighted by Gasteiger charge is -2.36. The fourth-order valence-corrected chi connectivity index (χ4v) is 5.02. The Bertz CT molecular complexity index is 1390. The van der Waals surface area contributed by atoms with Gasteiger partial charge >= 0.3 is 29.7 Å². The van der Waals surface area contributed by atoms with Crippen molar-refractivity contribution in [1.29, 1.82) is 0 Å². The van der Waals surface area contributed by atoms with E-state index in [4.69, 9.17) is 4.74 Å². The SMILES string of the molecule is C=CC(=O)OCCC(F)(F)C(F)(F)C(F)(F)C(F)(F)CCOc1ccc2cc(-c3ccc(CC)nc3CC)sc2c1. The number of halogens is 8. The van der Waals surface area contributed by atoms with Crippen molar-refractivity contribution in [2.45, 2.75) is 63.2 Å². The third-order valence-electron chi connectivity index (χ3n) is 6.31. The second kappa shape index (κ2) is 12.3. The molecule has 2 heterocycles. The number of carbonyl (C=O) groups excluding carboxylic acids is 1. The van der Waals surface area contributed by atoms with Crippen molar-refractivity contribution in [2.24, 2.45) is 0 Å². The smallest absolute Gasteiger partial charge is 0.378 e. The molecule has 41 heavy (non-hydrogen) atoms. The number of rotatable bonds is 14. The van der Waals surface area contributed by atoms with Crippen LogP contribution >= 0.6 is 11.3 Å². The molecule has 1 aromatic carbocycles. The predicted molar refractivity (Wildman–Crippen MR) is 139 cm³/mol. The van der Waals surface area contributed by atoms with Crippen molar-refractivity contribution in [3.63, 3.8) is 0 Å². The molecule has 4 nitrogen and oxygen atoms in total. The number of esters is 1. The summed E-state index contributed by atoms with van der Waals surface area (Å²) >= 11 is 1.36. The highest BCUT2D eigenvalue weighted by Crippen LogP contribution is 2.54. The standard InChI is InChI=1S/C28H27F8NO3S/c1-4-18-8-10-20(21(5-2)37-18)23-15-17-7-9-19(16-22(17)41-23)39-13-11-25(29,30)27(33,34)28(35,36)26(31,32)12-14-40-24(38)6-3/h6-10,15-16H,3-5,11-14H2,1-2H3. The van der Waals surface area contributed by atoms with Crippen LogP contribution in [0.15, 0.2) is 49.1 Å². The summed E-state index contributed by atoms with van der Waals surface area (Å²) in [5, 5.41) is 0.788. The van der Waals surface area contributed by atoms with E-state index in [1.165, 1.54) is 23.5 Å². The molecule has 0 amide bonds. The largest absolute Gasteiger partial charge is 0.493 e. The third kappa shape index (κ3) is 6.65. The maximum atomic E-state index is 14.3. The van der Waals surface area contributed by atoms with E-state index in [-0.39, 0.29) is 5.75 Å². The fraction of sp³-hybridized carbons (Fsp3) is 0.429. The van der Waals surface area contributed by atoms with E-state index in [0.717, 1.165) is 33.6 Å². The summed E-state index contributed by atoms with van der Waals surface area (Å²) < 4.78 is 123. The lowest BCUT2D eigenvalue weighted by Crippen LogP contribution is -2.62. The van der Waals surface area contributed by atoms with E-state index in [1.807, 2.05) is 32.0 Å². The Kier molecular flexibility index (Phi) is 9.72. The van der Waals surface area contributed by atoms with Crippen LogP contribution in [0.25, 0.3) is 20.5 Å². The topological polar surface area (TPSA) is 48.4 Å². The lowest BCUT2D eigenvalue weighted by molar-refractivity contribution is -0.368. The van der Waals surface area contributed by atoms with Crippen molar-refractivity contribution in [3.8, 4) is 16.2 Å². The zero-order valence-corrected chi connectivity index (χ0v) is 22.9. The van der Waals surface area contributed by atoms with Gasteiger partial charge in [-0.2, -0.15) is 35.1 Å². The van der Waals surface area contributed by atoms with Crippen LogP contribution in [0.4, 0.5) is 35.1 Å². The molecule has 0 radical (unpaired) electrons. The van der Waals surface area contributed by atoms with Gasteiger partial charge in [-0.15, -0.1) is 11.3 Å². The molecule has 13 heteroatoms. The molecule has 0 unspecified atom stereocenters. The predicted octanol–water partition coefficient (Wildman–Crippen LogP) is 8.52. The lowest BCUT2D eigenvalue weighted by atomic mass is 9.95. The fourth-order valence-electron chi connectivity index (χ4n) is 3.88. The van der Waals surface area contributed by atoms with Gasteiger partial charge in [0.1, 0.15) is 5.75 Å². The summed E-state index contributed by atoms with van der Waals surface area (Å²) in [6.07, 6.45) is -2.08. The minimum Gasteiger partial charge on any atom is -0.493 e. The van der Waals surface area contributed by atoms with E-state index < -0.39 is 55.7 Å². The van der Waals surface area contributed by atoms with E-state index in [9.17, 15) is 39.9 Å². The number of pyridine rings is 1. The number of aryl methyl sites for hydroxylation is 2. The van der Waals surface area contributed by atoms with Crippen molar-refractivity contribution in [2.75, 3.05) is 13.2 Å². The van der Waals surface area contributed by atoms with Crippen molar-refractivity contribution < 1.29 is 49.4 Å². The maximum absolute atomic E-state index is 14.3. The van der Waals surface area contributed by atoms with Gasteiger partial charge in [-0.1, -0.05) is 20.4 Å². The summed E-state index contributed by atoms with van der Waals surface area (Å²) in [6, 6.07) is 10.3. The van der Waals surface area contributed by atoms with E-state index in [1.54, 1.807) is 6.07 Å². The number of carbonyl (C=O) groups is 1. The molecule has 0 saturated heterocycles. The first-order chi connectivity index (χ1) is 19.1. The number of nitrogens with zero attached hydrogens (tertiary/aromatic N) is 1. The molecule has 3 aromatic rings.